The number of benzene rings is 1. The molecule has 0 spiro atoms. The molecular formula is C18H16N4O2. The average molecular weight is 320 g/mol. The van der Waals surface area contributed by atoms with Crippen LogP contribution in [0.1, 0.15) is 17.0 Å². The first-order chi connectivity index (χ1) is 11.5. The standard InChI is InChI=1S/C18H16N4O2/c1-12-13(9-16(11-20)22(12)2)8-14(10-19)18(23)21-15-4-6-17(24-3)7-5-15/h4-9H,1-3H3,(H,21,23)/b14-8+. The molecule has 0 atom stereocenters. The van der Waals surface area contributed by atoms with Crippen LogP contribution < -0.4 is 10.1 Å². The van der Waals surface area contributed by atoms with Crippen molar-refractivity contribution in [3.8, 4) is 17.9 Å². The average Bonchev–Trinajstić information content (AvgIpc) is 2.87. The fourth-order valence-electron chi connectivity index (χ4n) is 2.15. The number of nitrogens with zero attached hydrogens (tertiary/aromatic N) is 3. The van der Waals surface area contributed by atoms with Gasteiger partial charge >= 0.3 is 0 Å². The number of anilines is 1. The highest BCUT2D eigenvalue weighted by Crippen LogP contribution is 2.19. The lowest BCUT2D eigenvalue weighted by Gasteiger charge is -2.05. The number of methoxy groups -OCH3 is 1. The van der Waals surface area contributed by atoms with Gasteiger partial charge in [0.1, 0.15) is 29.2 Å². The van der Waals surface area contributed by atoms with Gasteiger partial charge in [0.05, 0.1) is 7.11 Å². The first kappa shape index (κ1) is 16.9. The topological polar surface area (TPSA) is 90.8 Å². The molecule has 1 amide bonds. The largest absolute Gasteiger partial charge is 0.497 e. The molecule has 1 aromatic heterocycles. The van der Waals surface area contributed by atoms with Crippen molar-refractivity contribution >= 4 is 17.7 Å². The Bertz CT molecular complexity index is 877. The number of rotatable bonds is 4. The molecule has 24 heavy (non-hydrogen) atoms. The smallest absolute Gasteiger partial charge is 0.266 e. The molecular weight excluding hydrogens is 304 g/mol. The minimum Gasteiger partial charge on any atom is -0.497 e. The molecule has 2 rings (SSSR count). The van der Waals surface area contributed by atoms with Gasteiger partial charge in [-0.3, -0.25) is 4.79 Å². The summed E-state index contributed by atoms with van der Waals surface area (Å²) < 4.78 is 6.76. The second-order valence-corrected chi connectivity index (χ2v) is 5.09. The van der Waals surface area contributed by atoms with Crippen LogP contribution in [-0.2, 0) is 11.8 Å². The summed E-state index contributed by atoms with van der Waals surface area (Å²) in [5.41, 5.74) is 2.45. The van der Waals surface area contributed by atoms with Crippen LogP contribution in [-0.4, -0.2) is 17.6 Å². The van der Waals surface area contributed by atoms with Crippen molar-refractivity contribution in [2.75, 3.05) is 12.4 Å². The highest BCUT2D eigenvalue weighted by Gasteiger charge is 2.13. The lowest BCUT2D eigenvalue weighted by Crippen LogP contribution is -2.13. The van der Waals surface area contributed by atoms with E-state index in [9.17, 15) is 10.1 Å². The van der Waals surface area contributed by atoms with Gasteiger partial charge in [-0.2, -0.15) is 10.5 Å². The number of hydrogen-bond acceptors (Lipinski definition) is 4. The molecule has 0 aliphatic carbocycles. The number of nitriles is 2. The Hall–Kier alpha value is -3.51. The van der Waals surface area contributed by atoms with Crippen LogP contribution in [0.5, 0.6) is 5.75 Å². The molecule has 6 nitrogen and oxygen atoms in total. The number of nitrogens with one attached hydrogen (secondary N) is 1. The summed E-state index contributed by atoms with van der Waals surface area (Å²) in [6, 6.07) is 12.4. The van der Waals surface area contributed by atoms with Crippen LogP contribution in [0.3, 0.4) is 0 Å². The fourth-order valence-corrected chi connectivity index (χ4v) is 2.15. The van der Waals surface area contributed by atoms with Crippen molar-refractivity contribution in [3.05, 3.63) is 52.9 Å². The zero-order valence-corrected chi connectivity index (χ0v) is 13.6. The van der Waals surface area contributed by atoms with E-state index in [4.69, 9.17) is 10.00 Å². The van der Waals surface area contributed by atoms with Crippen molar-refractivity contribution in [1.29, 1.82) is 10.5 Å². The summed E-state index contributed by atoms with van der Waals surface area (Å²) in [6.07, 6.45) is 1.48. The van der Waals surface area contributed by atoms with Gasteiger partial charge in [-0.25, -0.2) is 0 Å². The van der Waals surface area contributed by atoms with Gasteiger partial charge in [-0.1, -0.05) is 0 Å². The quantitative estimate of drug-likeness (QED) is 0.692. The van der Waals surface area contributed by atoms with Crippen LogP contribution in [0.2, 0.25) is 0 Å². The van der Waals surface area contributed by atoms with E-state index in [0.29, 0.717) is 22.7 Å². The molecule has 1 aromatic carbocycles. The van der Waals surface area contributed by atoms with Gasteiger partial charge in [-0.05, 0) is 48.9 Å². The number of carbonyl (C=O) groups is 1. The number of hydrogen-bond donors (Lipinski definition) is 1. The molecule has 120 valence electrons. The van der Waals surface area contributed by atoms with Gasteiger partial charge in [-0.15, -0.1) is 0 Å². The monoisotopic (exact) mass is 320 g/mol. The normalized spacial score (nSPS) is 10.6. The molecule has 1 heterocycles. The Morgan fingerprint density at radius 3 is 2.46 bits per heavy atom. The minimum atomic E-state index is -0.510. The molecule has 0 saturated heterocycles. The maximum atomic E-state index is 12.3. The fraction of sp³-hybridized carbons (Fsp3) is 0.167. The lowest BCUT2D eigenvalue weighted by molar-refractivity contribution is -0.112. The van der Waals surface area contributed by atoms with Crippen molar-refractivity contribution < 1.29 is 9.53 Å². The summed E-state index contributed by atoms with van der Waals surface area (Å²) in [6.45, 7) is 1.82. The summed E-state index contributed by atoms with van der Waals surface area (Å²) in [5, 5.41) is 21.0. The van der Waals surface area contributed by atoms with E-state index in [2.05, 4.69) is 11.4 Å². The van der Waals surface area contributed by atoms with Gasteiger partial charge in [0.25, 0.3) is 5.91 Å². The zero-order valence-electron chi connectivity index (χ0n) is 13.6. The molecule has 0 saturated carbocycles. The Kier molecular flexibility index (Phi) is 5.03. The van der Waals surface area contributed by atoms with Crippen molar-refractivity contribution in [2.24, 2.45) is 7.05 Å². The van der Waals surface area contributed by atoms with E-state index in [1.165, 1.54) is 6.08 Å². The minimum absolute atomic E-state index is 0.0380. The van der Waals surface area contributed by atoms with Gasteiger partial charge in [0.2, 0.25) is 0 Å². The van der Waals surface area contributed by atoms with Crippen molar-refractivity contribution in [3.63, 3.8) is 0 Å². The molecule has 0 aliphatic rings. The van der Waals surface area contributed by atoms with Gasteiger partial charge in [0, 0.05) is 18.4 Å². The van der Waals surface area contributed by atoms with E-state index < -0.39 is 5.91 Å². The summed E-state index contributed by atoms with van der Waals surface area (Å²) in [7, 11) is 3.32. The molecule has 0 aliphatic heterocycles. The van der Waals surface area contributed by atoms with E-state index in [0.717, 1.165) is 5.69 Å². The van der Waals surface area contributed by atoms with Crippen LogP contribution in [0.15, 0.2) is 35.9 Å². The second kappa shape index (κ2) is 7.17. The summed E-state index contributed by atoms with van der Waals surface area (Å²) in [5.74, 6) is 0.164. The van der Waals surface area contributed by atoms with Crippen molar-refractivity contribution in [1.82, 2.24) is 4.57 Å². The third kappa shape index (κ3) is 3.45. The van der Waals surface area contributed by atoms with E-state index in [1.807, 2.05) is 13.0 Å². The maximum absolute atomic E-state index is 12.3. The van der Waals surface area contributed by atoms with Crippen molar-refractivity contribution in [2.45, 2.75) is 6.92 Å². The third-order valence-electron chi connectivity index (χ3n) is 3.70. The van der Waals surface area contributed by atoms with Crippen LogP contribution in [0, 0.1) is 29.6 Å². The van der Waals surface area contributed by atoms with Gasteiger partial charge in [0.15, 0.2) is 0 Å². The number of carbonyl (C=O) groups excluding carboxylic acids is 1. The summed E-state index contributed by atoms with van der Waals surface area (Å²) in [4.78, 5) is 12.3. The molecule has 0 radical (unpaired) electrons. The predicted octanol–water partition coefficient (Wildman–Crippen LogP) is 2.76. The maximum Gasteiger partial charge on any atom is 0.266 e. The Morgan fingerprint density at radius 2 is 1.96 bits per heavy atom. The predicted molar refractivity (Wildman–Crippen MR) is 90.1 cm³/mol. The molecule has 2 aromatic rings. The molecule has 0 unspecified atom stereocenters. The first-order valence-electron chi connectivity index (χ1n) is 7.13. The van der Waals surface area contributed by atoms with Gasteiger partial charge < -0.3 is 14.6 Å². The Labute approximate surface area is 140 Å². The zero-order chi connectivity index (χ0) is 17.7. The number of ether oxygens (including phenoxy) is 1. The number of aromatic nitrogens is 1. The SMILES string of the molecule is COc1ccc(NC(=O)/C(C#N)=C/c2cc(C#N)n(C)c2C)cc1. The number of amides is 1. The van der Waals surface area contributed by atoms with E-state index in [-0.39, 0.29) is 5.57 Å². The Balaban J connectivity index is 2.26. The molecule has 1 N–H and O–H groups in total. The van der Waals surface area contributed by atoms with Crippen LogP contribution >= 0.6 is 0 Å². The molecule has 6 heteroatoms. The third-order valence-corrected chi connectivity index (χ3v) is 3.70. The molecule has 0 fully saturated rings. The first-order valence-corrected chi connectivity index (χ1v) is 7.13. The highest BCUT2D eigenvalue weighted by molar-refractivity contribution is 6.09. The van der Waals surface area contributed by atoms with E-state index >= 15 is 0 Å². The van der Waals surface area contributed by atoms with Crippen LogP contribution in [0.4, 0.5) is 5.69 Å². The molecule has 0 bridgehead atoms. The summed E-state index contributed by atoms with van der Waals surface area (Å²) >= 11 is 0. The second-order valence-electron chi connectivity index (χ2n) is 5.09. The van der Waals surface area contributed by atoms with E-state index in [1.54, 1.807) is 49.1 Å². The Morgan fingerprint density at radius 1 is 1.29 bits per heavy atom. The van der Waals surface area contributed by atoms with Crippen LogP contribution in [0.25, 0.3) is 6.08 Å². The lowest BCUT2D eigenvalue weighted by atomic mass is 10.1. The highest BCUT2D eigenvalue weighted by atomic mass is 16.5.